The van der Waals surface area contributed by atoms with E-state index in [0.29, 0.717) is 6.61 Å². The second-order valence-corrected chi connectivity index (χ2v) is 4.28. The molecule has 0 amide bonds. The van der Waals surface area contributed by atoms with Gasteiger partial charge in [0.1, 0.15) is 5.75 Å². The first-order valence-corrected chi connectivity index (χ1v) is 5.56. The smallest absolute Gasteiger partial charge is 0.119 e. The summed E-state index contributed by atoms with van der Waals surface area (Å²) in [6, 6.07) is 9.55. The molecule has 1 rings (SSSR count). The highest BCUT2D eigenvalue weighted by molar-refractivity contribution is 6.18. The van der Waals surface area contributed by atoms with Crippen LogP contribution in [0.4, 0.5) is 0 Å². The zero-order valence-electron chi connectivity index (χ0n) is 9.11. The van der Waals surface area contributed by atoms with E-state index in [9.17, 15) is 5.11 Å². The van der Waals surface area contributed by atoms with Crippen molar-refractivity contribution in [3.05, 3.63) is 30.3 Å². The Bertz CT molecular complexity index is 285. The molecule has 0 saturated heterocycles. The summed E-state index contributed by atoms with van der Waals surface area (Å²) in [6.07, 6.45) is 0. The van der Waals surface area contributed by atoms with Crippen molar-refractivity contribution in [3.63, 3.8) is 0 Å². The lowest BCUT2D eigenvalue weighted by Gasteiger charge is -2.27. The number of benzene rings is 1. The number of aliphatic hydroxyl groups is 1. The van der Waals surface area contributed by atoms with Crippen LogP contribution in [0.2, 0.25) is 0 Å². The predicted octanol–water partition coefficient (Wildman–Crippen LogP) is 2.69. The first-order valence-electron chi connectivity index (χ1n) is 5.02. The Hall–Kier alpha value is -0.730. The Labute approximate surface area is 95.8 Å². The Balaban J connectivity index is 2.44. The van der Waals surface area contributed by atoms with Gasteiger partial charge in [0.2, 0.25) is 0 Å². The third kappa shape index (κ3) is 3.73. The van der Waals surface area contributed by atoms with Crippen molar-refractivity contribution in [1.29, 1.82) is 0 Å². The average Bonchev–Trinajstić information content (AvgIpc) is 2.27. The maximum absolute atomic E-state index is 9.86. The summed E-state index contributed by atoms with van der Waals surface area (Å²) in [5.41, 5.74) is -0.879. The summed E-state index contributed by atoms with van der Waals surface area (Å²) in [5.74, 6) is 1.02. The molecule has 1 N–H and O–H groups in total. The number of alkyl halides is 1. The van der Waals surface area contributed by atoms with Crippen LogP contribution in [-0.2, 0) is 0 Å². The Kier molecular flexibility index (Phi) is 4.43. The van der Waals surface area contributed by atoms with Crippen LogP contribution in [0.5, 0.6) is 5.75 Å². The topological polar surface area (TPSA) is 29.5 Å². The van der Waals surface area contributed by atoms with Crippen LogP contribution in [0.3, 0.4) is 0 Å². The van der Waals surface area contributed by atoms with Gasteiger partial charge in [-0.15, -0.1) is 11.6 Å². The highest BCUT2D eigenvalue weighted by Crippen LogP contribution is 2.20. The molecule has 0 bridgehead atoms. The Morgan fingerprint density at radius 2 is 2.00 bits per heavy atom. The zero-order chi connectivity index (χ0) is 11.3. The molecule has 1 aromatic carbocycles. The van der Waals surface area contributed by atoms with Crippen molar-refractivity contribution in [3.8, 4) is 5.75 Å². The van der Waals surface area contributed by atoms with E-state index >= 15 is 0 Å². The predicted molar refractivity (Wildman–Crippen MR) is 62.4 cm³/mol. The Morgan fingerprint density at radius 1 is 1.40 bits per heavy atom. The monoisotopic (exact) mass is 228 g/mol. The average molecular weight is 229 g/mol. The third-order valence-corrected chi connectivity index (χ3v) is 3.12. The van der Waals surface area contributed by atoms with E-state index in [1.165, 1.54) is 0 Å². The quantitative estimate of drug-likeness (QED) is 0.786. The molecule has 0 aliphatic rings. The molecule has 84 valence electrons. The second-order valence-electron chi connectivity index (χ2n) is 4.02. The molecular weight excluding hydrogens is 212 g/mol. The van der Waals surface area contributed by atoms with Crippen LogP contribution >= 0.6 is 11.6 Å². The van der Waals surface area contributed by atoms with Gasteiger partial charge in [0.15, 0.2) is 0 Å². The van der Waals surface area contributed by atoms with Gasteiger partial charge < -0.3 is 9.84 Å². The van der Waals surface area contributed by atoms with Gasteiger partial charge in [-0.05, 0) is 19.1 Å². The van der Waals surface area contributed by atoms with Crippen molar-refractivity contribution in [2.45, 2.75) is 19.4 Å². The van der Waals surface area contributed by atoms with Crippen LogP contribution in [-0.4, -0.2) is 23.2 Å². The van der Waals surface area contributed by atoms with Crippen LogP contribution in [0.25, 0.3) is 0 Å². The summed E-state index contributed by atoms with van der Waals surface area (Å²) in [5, 5.41) is 9.86. The standard InChI is InChI=1S/C12H17ClO2/c1-10(12(2,14)9-13)8-15-11-6-4-3-5-7-11/h3-7,10,14H,8-9H2,1-2H3. The molecule has 0 aromatic heterocycles. The van der Waals surface area contributed by atoms with E-state index in [4.69, 9.17) is 16.3 Å². The number of rotatable bonds is 5. The van der Waals surface area contributed by atoms with E-state index in [0.717, 1.165) is 5.75 Å². The number of para-hydroxylation sites is 1. The molecule has 0 fully saturated rings. The molecule has 15 heavy (non-hydrogen) atoms. The van der Waals surface area contributed by atoms with Gasteiger partial charge in [0.05, 0.1) is 18.1 Å². The second kappa shape index (κ2) is 5.38. The number of ether oxygens (including phenoxy) is 1. The molecule has 0 aliphatic carbocycles. The molecule has 3 heteroatoms. The number of hydrogen-bond acceptors (Lipinski definition) is 2. The van der Waals surface area contributed by atoms with E-state index in [1.807, 2.05) is 37.3 Å². The minimum atomic E-state index is -0.879. The summed E-state index contributed by atoms with van der Waals surface area (Å²) in [7, 11) is 0. The number of hydrogen-bond donors (Lipinski definition) is 1. The third-order valence-electron chi connectivity index (χ3n) is 2.58. The van der Waals surface area contributed by atoms with Crippen LogP contribution in [0.1, 0.15) is 13.8 Å². The molecular formula is C12H17ClO2. The largest absolute Gasteiger partial charge is 0.493 e. The van der Waals surface area contributed by atoms with E-state index < -0.39 is 5.60 Å². The van der Waals surface area contributed by atoms with Crippen molar-refractivity contribution in [2.24, 2.45) is 5.92 Å². The first kappa shape index (κ1) is 12.3. The fourth-order valence-corrected chi connectivity index (χ4v) is 1.31. The van der Waals surface area contributed by atoms with Crippen molar-refractivity contribution in [1.82, 2.24) is 0 Å². The van der Waals surface area contributed by atoms with E-state index in [1.54, 1.807) is 6.92 Å². The van der Waals surface area contributed by atoms with Gasteiger partial charge >= 0.3 is 0 Å². The summed E-state index contributed by atoms with van der Waals surface area (Å²) in [6.45, 7) is 4.11. The molecule has 0 radical (unpaired) electrons. The normalized spacial score (nSPS) is 16.8. The van der Waals surface area contributed by atoms with Crippen LogP contribution in [0, 0.1) is 5.92 Å². The molecule has 2 unspecified atom stereocenters. The summed E-state index contributed by atoms with van der Waals surface area (Å²) in [4.78, 5) is 0. The highest BCUT2D eigenvalue weighted by atomic mass is 35.5. The SMILES string of the molecule is CC(COc1ccccc1)C(C)(O)CCl. The maximum atomic E-state index is 9.86. The highest BCUT2D eigenvalue weighted by Gasteiger charge is 2.27. The molecule has 0 aliphatic heterocycles. The molecule has 2 atom stereocenters. The lowest BCUT2D eigenvalue weighted by molar-refractivity contribution is 0.00809. The van der Waals surface area contributed by atoms with Gasteiger partial charge in [-0.2, -0.15) is 0 Å². The van der Waals surface area contributed by atoms with Crippen molar-refractivity contribution in [2.75, 3.05) is 12.5 Å². The van der Waals surface area contributed by atoms with Crippen LogP contribution < -0.4 is 4.74 Å². The van der Waals surface area contributed by atoms with Gasteiger partial charge in [-0.3, -0.25) is 0 Å². The molecule has 0 heterocycles. The first-order chi connectivity index (χ1) is 7.06. The zero-order valence-corrected chi connectivity index (χ0v) is 9.87. The molecule has 2 nitrogen and oxygen atoms in total. The fraction of sp³-hybridized carbons (Fsp3) is 0.500. The van der Waals surface area contributed by atoms with Gasteiger partial charge in [-0.25, -0.2) is 0 Å². The molecule has 0 saturated carbocycles. The fourth-order valence-electron chi connectivity index (χ4n) is 1.05. The molecule has 1 aromatic rings. The minimum absolute atomic E-state index is 0.00444. The van der Waals surface area contributed by atoms with Gasteiger partial charge in [-0.1, -0.05) is 25.1 Å². The lowest BCUT2D eigenvalue weighted by atomic mass is 9.94. The van der Waals surface area contributed by atoms with E-state index in [-0.39, 0.29) is 11.8 Å². The summed E-state index contributed by atoms with van der Waals surface area (Å²) < 4.78 is 5.54. The van der Waals surface area contributed by atoms with Crippen molar-refractivity contribution < 1.29 is 9.84 Å². The maximum Gasteiger partial charge on any atom is 0.119 e. The lowest BCUT2D eigenvalue weighted by Crippen LogP contribution is -2.38. The van der Waals surface area contributed by atoms with Gasteiger partial charge in [0.25, 0.3) is 0 Å². The molecule has 0 spiro atoms. The van der Waals surface area contributed by atoms with Gasteiger partial charge in [0, 0.05) is 5.92 Å². The van der Waals surface area contributed by atoms with Crippen LogP contribution in [0.15, 0.2) is 30.3 Å². The van der Waals surface area contributed by atoms with Crippen molar-refractivity contribution >= 4 is 11.6 Å². The Morgan fingerprint density at radius 3 is 2.53 bits per heavy atom. The minimum Gasteiger partial charge on any atom is -0.493 e. The van der Waals surface area contributed by atoms with E-state index in [2.05, 4.69) is 0 Å². The number of halogens is 1. The summed E-state index contributed by atoms with van der Waals surface area (Å²) >= 11 is 5.66.